The Morgan fingerprint density at radius 1 is 0.500 bits per heavy atom. The van der Waals surface area contributed by atoms with E-state index in [9.17, 15) is 30.0 Å². The van der Waals surface area contributed by atoms with Crippen molar-refractivity contribution in [2.45, 2.75) is 0 Å². The van der Waals surface area contributed by atoms with Gasteiger partial charge >= 0.3 is 0 Å². The highest BCUT2D eigenvalue weighted by Gasteiger charge is 2.15. The molecule has 4 N–H and O–H groups in total. The maximum atomic E-state index is 12.6. The quantitative estimate of drug-likeness (QED) is 0.238. The average Bonchev–Trinajstić information content (AvgIpc) is 2.83. The van der Waals surface area contributed by atoms with Crippen LogP contribution in [-0.4, -0.2) is 32.0 Å². The van der Waals surface area contributed by atoms with Crippen molar-refractivity contribution in [1.29, 1.82) is 0 Å². The Morgan fingerprint density at radius 2 is 0.853 bits per heavy atom. The van der Waals surface area contributed by atoms with Crippen molar-refractivity contribution in [2.24, 2.45) is 0 Å². The van der Waals surface area contributed by atoms with Crippen molar-refractivity contribution >= 4 is 23.7 Å². The summed E-state index contributed by atoms with van der Waals surface area (Å²) in [7, 11) is 0. The van der Waals surface area contributed by atoms with Crippen LogP contribution in [0.3, 0.4) is 0 Å². The zero-order valence-electron chi connectivity index (χ0n) is 17.8. The van der Waals surface area contributed by atoms with Gasteiger partial charge in [0.2, 0.25) is 0 Å². The first-order chi connectivity index (χ1) is 16.3. The average molecular weight is 452 g/mol. The Bertz CT molecular complexity index is 1290. The van der Waals surface area contributed by atoms with Gasteiger partial charge in [-0.2, -0.15) is 0 Å². The summed E-state index contributed by atoms with van der Waals surface area (Å²) in [6.07, 6.45) is 3.71. The van der Waals surface area contributed by atoms with Gasteiger partial charge in [0.1, 0.15) is 23.0 Å². The number of ketones is 2. The molecule has 0 aliphatic rings. The first kappa shape index (κ1) is 22.4. The summed E-state index contributed by atoms with van der Waals surface area (Å²) in [6.45, 7) is 0. The molecule has 168 valence electrons. The lowest BCUT2D eigenvalue weighted by Crippen LogP contribution is -2.01. The molecule has 4 rings (SSSR count). The Morgan fingerprint density at radius 3 is 1.18 bits per heavy atom. The van der Waals surface area contributed by atoms with Gasteiger partial charge in [0, 0.05) is 23.3 Å². The van der Waals surface area contributed by atoms with Crippen molar-refractivity contribution < 1.29 is 30.0 Å². The summed E-state index contributed by atoms with van der Waals surface area (Å²) < 4.78 is 0. The van der Waals surface area contributed by atoms with Crippen molar-refractivity contribution in [2.75, 3.05) is 0 Å². The minimum Gasteiger partial charge on any atom is -0.508 e. The van der Waals surface area contributed by atoms with Gasteiger partial charge < -0.3 is 20.4 Å². The lowest BCUT2D eigenvalue weighted by molar-refractivity contribution is 0.102. The smallest absolute Gasteiger partial charge is 0.196 e. The zero-order chi connectivity index (χ0) is 24.2. The van der Waals surface area contributed by atoms with Crippen LogP contribution in [0, 0.1) is 0 Å². The fourth-order valence-corrected chi connectivity index (χ4v) is 3.42. The zero-order valence-corrected chi connectivity index (χ0v) is 17.8. The van der Waals surface area contributed by atoms with E-state index in [2.05, 4.69) is 0 Å². The summed E-state index contributed by atoms with van der Waals surface area (Å²) in [5.41, 5.74) is 2.71. The molecule has 0 saturated carbocycles. The standard InChI is InChI=1S/C28H20O6/c29-21-11-13-23(25(31)15-21)27(33)19-7-3-17(4-8-19)1-2-18-5-9-20(10-6-18)28(34)24-14-12-22(30)16-26(24)32/h1-16,29-32H. The van der Waals surface area contributed by atoms with E-state index < -0.39 is 0 Å². The maximum absolute atomic E-state index is 12.6. The molecular weight excluding hydrogens is 432 g/mol. The third kappa shape index (κ3) is 4.81. The van der Waals surface area contributed by atoms with Gasteiger partial charge in [0.15, 0.2) is 11.6 Å². The molecule has 4 aromatic rings. The van der Waals surface area contributed by atoms with Gasteiger partial charge in [-0.1, -0.05) is 60.7 Å². The third-order valence-corrected chi connectivity index (χ3v) is 5.27. The predicted molar refractivity (Wildman–Crippen MR) is 128 cm³/mol. The molecule has 6 heteroatoms. The number of phenolic OH excluding ortho intramolecular Hbond substituents is 4. The van der Waals surface area contributed by atoms with Gasteiger partial charge in [-0.25, -0.2) is 0 Å². The Kier molecular flexibility index (Phi) is 6.14. The molecule has 0 amide bonds. The van der Waals surface area contributed by atoms with E-state index in [-0.39, 0.29) is 45.7 Å². The molecule has 0 aromatic heterocycles. The first-order valence-corrected chi connectivity index (χ1v) is 10.3. The molecule has 0 bridgehead atoms. The number of rotatable bonds is 6. The van der Waals surface area contributed by atoms with Crippen LogP contribution in [0.1, 0.15) is 43.0 Å². The molecule has 0 fully saturated rings. The summed E-state index contributed by atoms with van der Waals surface area (Å²) in [6, 6.07) is 21.4. The minimum absolute atomic E-state index is 0.108. The number of carbonyl (C=O) groups is 2. The van der Waals surface area contributed by atoms with Gasteiger partial charge in [-0.15, -0.1) is 0 Å². The van der Waals surface area contributed by atoms with Crippen molar-refractivity contribution in [3.8, 4) is 23.0 Å². The second-order valence-corrected chi connectivity index (χ2v) is 7.64. The topological polar surface area (TPSA) is 115 Å². The fourth-order valence-electron chi connectivity index (χ4n) is 3.42. The Hall–Kier alpha value is -4.84. The summed E-state index contributed by atoms with van der Waals surface area (Å²) in [5.74, 6) is -1.51. The highest BCUT2D eigenvalue weighted by atomic mass is 16.3. The van der Waals surface area contributed by atoms with Crippen molar-refractivity contribution in [3.05, 3.63) is 118 Å². The maximum Gasteiger partial charge on any atom is 0.196 e. The summed E-state index contributed by atoms with van der Waals surface area (Å²) >= 11 is 0. The number of hydrogen-bond donors (Lipinski definition) is 4. The third-order valence-electron chi connectivity index (χ3n) is 5.27. The van der Waals surface area contributed by atoms with Crippen molar-refractivity contribution in [3.63, 3.8) is 0 Å². The molecular formula is C28H20O6. The lowest BCUT2D eigenvalue weighted by Gasteiger charge is -2.05. The Balaban J connectivity index is 1.45. The molecule has 0 heterocycles. The van der Waals surface area contributed by atoms with Crippen LogP contribution in [0.25, 0.3) is 12.2 Å². The first-order valence-electron chi connectivity index (χ1n) is 10.3. The molecule has 4 aromatic carbocycles. The highest BCUT2D eigenvalue weighted by Crippen LogP contribution is 2.26. The van der Waals surface area contributed by atoms with E-state index in [0.29, 0.717) is 11.1 Å². The van der Waals surface area contributed by atoms with E-state index >= 15 is 0 Å². The molecule has 0 radical (unpaired) electrons. The normalized spacial score (nSPS) is 10.9. The fraction of sp³-hybridized carbons (Fsp3) is 0. The molecule has 6 nitrogen and oxygen atoms in total. The molecule has 0 saturated heterocycles. The summed E-state index contributed by atoms with van der Waals surface area (Å²) in [4.78, 5) is 25.2. The van der Waals surface area contributed by atoms with Gasteiger partial charge in [0.05, 0.1) is 11.1 Å². The number of carbonyl (C=O) groups excluding carboxylic acids is 2. The molecule has 34 heavy (non-hydrogen) atoms. The van der Waals surface area contributed by atoms with Crippen LogP contribution in [0.4, 0.5) is 0 Å². The predicted octanol–water partition coefficient (Wildman–Crippen LogP) is 5.14. The monoisotopic (exact) mass is 452 g/mol. The molecule has 0 spiro atoms. The van der Waals surface area contributed by atoms with Crippen LogP contribution in [-0.2, 0) is 0 Å². The second-order valence-electron chi connectivity index (χ2n) is 7.64. The molecule has 0 unspecified atom stereocenters. The molecule has 0 aliphatic carbocycles. The number of aromatic hydroxyl groups is 4. The molecule has 0 atom stereocenters. The highest BCUT2D eigenvalue weighted by molar-refractivity contribution is 6.11. The lowest BCUT2D eigenvalue weighted by atomic mass is 10.00. The summed E-state index contributed by atoms with van der Waals surface area (Å²) in [5, 5.41) is 38.6. The van der Waals surface area contributed by atoms with E-state index in [0.717, 1.165) is 23.3 Å². The minimum atomic E-state index is -0.354. The van der Waals surface area contributed by atoms with E-state index in [1.165, 1.54) is 24.3 Å². The second kappa shape index (κ2) is 9.34. The van der Waals surface area contributed by atoms with E-state index in [1.807, 2.05) is 12.2 Å². The van der Waals surface area contributed by atoms with Crippen LogP contribution in [0.15, 0.2) is 84.9 Å². The number of phenols is 4. The number of benzene rings is 4. The van der Waals surface area contributed by atoms with Gasteiger partial charge in [-0.3, -0.25) is 9.59 Å². The van der Waals surface area contributed by atoms with Crippen LogP contribution >= 0.6 is 0 Å². The van der Waals surface area contributed by atoms with E-state index in [1.54, 1.807) is 48.5 Å². The number of hydrogen-bond acceptors (Lipinski definition) is 6. The van der Waals surface area contributed by atoms with Crippen molar-refractivity contribution in [1.82, 2.24) is 0 Å². The van der Waals surface area contributed by atoms with Gasteiger partial charge in [-0.05, 0) is 35.4 Å². The largest absolute Gasteiger partial charge is 0.508 e. The SMILES string of the molecule is O=C(c1ccc(C=Cc2ccc(C(=O)c3ccc(O)cc3O)cc2)cc1)c1ccc(O)cc1O. The van der Waals surface area contributed by atoms with Crippen LogP contribution < -0.4 is 0 Å². The van der Waals surface area contributed by atoms with Crippen LogP contribution in [0.2, 0.25) is 0 Å². The Labute approximate surface area is 195 Å². The van der Waals surface area contributed by atoms with E-state index in [4.69, 9.17) is 0 Å². The molecule has 0 aliphatic heterocycles. The van der Waals surface area contributed by atoms with Crippen LogP contribution in [0.5, 0.6) is 23.0 Å². The van der Waals surface area contributed by atoms with Gasteiger partial charge in [0.25, 0.3) is 0 Å².